The van der Waals surface area contributed by atoms with Crippen molar-refractivity contribution >= 4 is 5.97 Å². The van der Waals surface area contributed by atoms with Crippen molar-refractivity contribution in [3.05, 3.63) is 34.9 Å². The van der Waals surface area contributed by atoms with Crippen molar-refractivity contribution in [3.8, 4) is 0 Å². The van der Waals surface area contributed by atoms with Gasteiger partial charge in [0.25, 0.3) is 0 Å². The van der Waals surface area contributed by atoms with Crippen molar-refractivity contribution in [2.24, 2.45) is 5.92 Å². The minimum atomic E-state index is -0.833. The van der Waals surface area contributed by atoms with E-state index in [4.69, 9.17) is 5.11 Å². The van der Waals surface area contributed by atoms with Crippen LogP contribution in [0.4, 0.5) is 0 Å². The van der Waals surface area contributed by atoms with E-state index in [0.29, 0.717) is 5.56 Å². The van der Waals surface area contributed by atoms with Crippen LogP contribution in [0.15, 0.2) is 18.2 Å². The number of fused-ring (bicyclic) bond motifs is 1. The van der Waals surface area contributed by atoms with Crippen LogP contribution < -0.4 is 0 Å². The van der Waals surface area contributed by atoms with Crippen molar-refractivity contribution in [1.29, 1.82) is 0 Å². The third kappa shape index (κ3) is 3.35. The van der Waals surface area contributed by atoms with Gasteiger partial charge in [0.05, 0.1) is 5.56 Å². The highest BCUT2D eigenvalue weighted by Gasteiger charge is 2.19. The summed E-state index contributed by atoms with van der Waals surface area (Å²) >= 11 is 0. The Morgan fingerprint density at radius 1 is 1.32 bits per heavy atom. The van der Waals surface area contributed by atoms with Crippen LogP contribution in [-0.2, 0) is 13.0 Å². The van der Waals surface area contributed by atoms with Crippen LogP contribution in [0.1, 0.15) is 48.2 Å². The highest BCUT2D eigenvalue weighted by Crippen LogP contribution is 2.22. The summed E-state index contributed by atoms with van der Waals surface area (Å²) in [5.41, 5.74) is 2.91. The Morgan fingerprint density at radius 3 is 2.68 bits per heavy atom. The molecule has 0 radical (unpaired) electrons. The molecule has 1 aromatic rings. The Hall–Kier alpha value is -1.35. The SMILES string of the molecule is CCC(CC)CN1CCc2ccc(C(=O)O)cc2C1. The first kappa shape index (κ1) is 14.1. The fourth-order valence-electron chi connectivity index (χ4n) is 2.82. The van der Waals surface area contributed by atoms with Gasteiger partial charge in [-0.1, -0.05) is 32.8 Å². The van der Waals surface area contributed by atoms with Crippen LogP contribution in [0.3, 0.4) is 0 Å². The van der Waals surface area contributed by atoms with Crippen molar-refractivity contribution in [3.63, 3.8) is 0 Å². The molecule has 0 atom stereocenters. The monoisotopic (exact) mass is 261 g/mol. The first-order chi connectivity index (χ1) is 9.13. The van der Waals surface area contributed by atoms with Gasteiger partial charge in [0.2, 0.25) is 0 Å². The number of aromatic carboxylic acids is 1. The molecule has 0 saturated carbocycles. The summed E-state index contributed by atoms with van der Waals surface area (Å²) in [7, 11) is 0. The number of carboxylic acid groups (broad SMARTS) is 1. The van der Waals surface area contributed by atoms with E-state index in [1.54, 1.807) is 6.07 Å². The Kier molecular flexibility index (Phi) is 4.59. The minimum absolute atomic E-state index is 0.406. The van der Waals surface area contributed by atoms with Crippen molar-refractivity contribution in [2.75, 3.05) is 13.1 Å². The lowest BCUT2D eigenvalue weighted by Crippen LogP contribution is -2.34. The lowest BCUT2D eigenvalue weighted by atomic mass is 9.95. The largest absolute Gasteiger partial charge is 0.478 e. The van der Waals surface area contributed by atoms with E-state index >= 15 is 0 Å². The molecule has 104 valence electrons. The second kappa shape index (κ2) is 6.20. The van der Waals surface area contributed by atoms with Crippen LogP contribution in [0.2, 0.25) is 0 Å². The van der Waals surface area contributed by atoms with E-state index in [2.05, 4.69) is 18.7 Å². The predicted octanol–water partition coefficient (Wildman–Crippen LogP) is 3.18. The maximum Gasteiger partial charge on any atom is 0.335 e. The highest BCUT2D eigenvalue weighted by molar-refractivity contribution is 5.87. The number of hydrogen-bond donors (Lipinski definition) is 1. The molecule has 0 spiro atoms. The fourth-order valence-corrected chi connectivity index (χ4v) is 2.82. The summed E-state index contributed by atoms with van der Waals surface area (Å²) in [4.78, 5) is 13.5. The Balaban J connectivity index is 2.09. The van der Waals surface area contributed by atoms with E-state index < -0.39 is 5.97 Å². The number of benzene rings is 1. The van der Waals surface area contributed by atoms with E-state index in [0.717, 1.165) is 32.0 Å². The zero-order valence-electron chi connectivity index (χ0n) is 11.9. The Bertz CT molecular complexity index is 452. The van der Waals surface area contributed by atoms with Crippen LogP contribution in [0, 0.1) is 5.92 Å². The molecular weight excluding hydrogens is 238 g/mol. The zero-order valence-corrected chi connectivity index (χ0v) is 11.9. The number of carboxylic acids is 1. The molecule has 1 aliphatic rings. The van der Waals surface area contributed by atoms with Crippen molar-refractivity contribution < 1.29 is 9.90 Å². The average Bonchev–Trinajstić information content (AvgIpc) is 2.43. The second-order valence-corrected chi connectivity index (χ2v) is 5.46. The molecule has 0 bridgehead atoms. The average molecular weight is 261 g/mol. The smallest absolute Gasteiger partial charge is 0.335 e. The first-order valence-electron chi connectivity index (χ1n) is 7.21. The molecule has 0 saturated heterocycles. The molecule has 1 N–H and O–H groups in total. The van der Waals surface area contributed by atoms with Gasteiger partial charge in [0.1, 0.15) is 0 Å². The van der Waals surface area contributed by atoms with E-state index in [1.807, 2.05) is 12.1 Å². The fraction of sp³-hybridized carbons (Fsp3) is 0.562. The maximum atomic E-state index is 11.0. The van der Waals surface area contributed by atoms with Gasteiger partial charge < -0.3 is 5.11 Å². The molecule has 2 rings (SSSR count). The van der Waals surface area contributed by atoms with E-state index in [-0.39, 0.29) is 0 Å². The molecule has 3 nitrogen and oxygen atoms in total. The summed E-state index contributed by atoms with van der Waals surface area (Å²) in [6.45, 7) is 7.61. The van der Waals surface area contributed by atoms with Gasteiger partial charge >= 0.3 is 5.97 Å². The first-order valence-corrected chi connectivity index (χ1v) is 7.21. The zero-order chi connectivity index (χ0) is 13.8. The van der Waals surface area contributed by atoms with E-state index in [1.165, 1.54) is 24.0 Å². The van der Waals surface area contributed by atoms with Gasteiger partial charge in [0.15, 0.2) is 0 Å². The quantitative estimate of drug-likeness (QED) is 0.885. The minimum Gasteiger partial charge on any atom is -0.478 e. The molecular formula is C16H23NO2. The molecule has 1 aromatic carbocycles. The summed E-state index contributed by atoms with van der Waals surface area (Å²) in [6, 6.07) is 5.54. The van der Waals surface area contributed by atoms with Crippen molar-refractivity contribution in [1.82, 2.24) is 4.90 Å². The van der Waals surface area contributed by atoms with Gasteiger partial charge in [-0.25, -0.2) is 4.79 Å². The Labute approximate surface area is 115 Å². The molecule has 1 heterocycles. The standard InChI is InChI=1S/C16H23NO2/c1-3-12(4-2)10-17-8-7-13-5-6-14(16(18)19)9-15(13)11-17/h5-6,9,12H,3-4,7-8,10-11H2,1-2H3,(H,18,19). The number of nitrogens with zero attached hydrogens (tertiary/aromatic N) is 1. The van der Waals surface area contributed by atoms with Gasteiger partial charge in [-0.15, -0.1) is 0 Å². The van der Waals surface area contributed by atoms with Crippen LogP contribution in [-0.4, -0.2) is 29.1 Å². The summed E-state index contributed by atoms with van der Waals surface area (Å²) in [5.74, 6) is -0.0795. The summed E-state index contributed by atoms with van der Waals surface area (Å²) in [6.07, 6.45) is 3.47. The molecule has 0 fully saturated rings. The number of rotatable bonds is 5. The molecule has 0 amide bonds. The third-order valence-corrected chi connectivity index (χ3v) is 4.22. The van der Waals surface area contributed by atoms with Crippen molar-refractivity contribution in [2.45, 2.75) is 39.7 Å². The normalized spacial score (nSPS) is 15.5. The molecule has 0 aromatic heterocycles. The topological polar surface area (TPSA) is 40.5 Å². The van der Waals surface area contributed by atoms with Crippen LogP contribution >= 0.6 is 0 Å². The van der Waals surface area contributed by atoms with Crippen LogP contribution in [0.25, 0.3) is 0 Å². The molecule has 3 heteroatoms. The molecule has 1 aliphatic heterocycles. The second-order valence-electron chi connectivity index (χ2n) is 5.46. The number of hydrogen-bond acceptors (Lipinski definition) is 2. The van der Waals surface area contributed by atoms with E-state index in [9.17, 15) is 4.79 Å². The van der Waals surface area contributed by atoms with Crippen LogP contribution in [0.5, 0.6) is 0 Å². The third-order valence-electron chi connectivity index (χ3n) is 4.22. The van der Waals surface area contributed by atoms with Gasteiger partial charge in [0, 0.05) is 19.6 Å². The van der Waals surface area contributed by atoms with Gasteiger partial charge in [-0.3, -0.25) is 4.90 Å². The lowest BCUT2D eigenvalue weighted by Gasteiger charge is -2.31. The predicted molar refractivity (Wildman–Crippen MR) is 76.5 cm³/mol. The highest BCUT2D eigenvalue weighted by atomic mass is 16.4. The van der Waals surface area contributed by atoms with Gasteiger partial charge in [-0.2, -0.15) is 0 Å². The van der Waals surface area contributed by atoms with Gasteiger partial charge in [-0.05, 0) is 35.6 Å². The molecule has 19 heavy (non-hydrogen) atoms. The molecule has 0 unspecified atom stereocenters. The Morgan fingerprint density at radius 2 is 2.05 bits per heavy atom. The number of carbonyl (C=O) groups is 1. The maximum absolute atomic E-state index is 11.0. The molecule has 0 aliphatic carbocycles. The lowest BCUT2D eigenvalue weighted by molar-refractivity contribution is 0.0696. The summed E-state index contributed by atoms with van der Waals surface area (Å²) in [5, 5.41) is 9.06. The summed E-state index contributed by atoms with van der Waals surface area (Å²) < 4.78 is 0.